The maximum absolute atomic E-state index is 12.3. The molecule has 1 aliphatic heterocycles. The zero-order chi connectivity index (χ0) is 19.6. The summed E-state index contributed by atoms with van der Waals surface area (Å²) in [6.07, 6.45) is 4.81. The van der Waals surface area contributed by atoms with Crippen LogP contribution in [0.3, 0.4) is 0 Å². The molecule has 0 saturated carbocycles. The summed E-state index contributed by atoms with van der Waals surface area (Å²) in [6, 6.07) is 3.87. The lowest BCUT2D eigenvalue weighted by Gasteiger charge is -2.14. The summed E-state index contributed by atoms with van der Waals surface area (Å²) in [6.45, 7) is -3.01. The van der Waals surface area contributed by atoms with Crippen LogP contribution in [0.5, 0.6) is 5.75 Å². The number of allylic oxidation sites excluding steroid dienone is 2. The Morgan fingerprint density at radius 2 is 1.85 bits per heavy atom. The fraction of sp³-hybridized carbons (Fsp3) is 0.389. The number of alkyl halides is 2. The first-order chi connectivity index (χ1) is 12.9. The second kappa shape index (κ2) is 8.04. The first-order valence-electron chi connectivity index (χ1n) is 8.41. The monoisotopic (exact) mass is 398 g/mol. The van der Waals surface area contributed by atoms with Crippen molar-refractivity contribution in [3.63, 3.8) is 0 Å². The molecule has 0 aromatic heterocycles. The molecule has 0 bridgehead atoms. The summed E-state index contributed by atoms with van der Waals surface area (Å²) in [5, 5.41) is 2.48. The molecular formula is C18H17ClF2N2O4. The third-order valence-corrected chi connectivity index (χ3v) is 4.89. The van der Waals surface area contributed by atoms with E-state index >= 15 is 0 Å². The number of nitrogens with one attached hydrogen (secondary N) is 1. The number of anilines is 1. The molecule has 1 aromatic carbocycles. The molecule has 2 unspecified atom stereocenters. The molecule has 2 atom stereocenters. The number of carbonyl (C=O) groups excluding carboxylic acids is 3. The molecule has 0 spiro atoms. The zero-order valence-electron chi connectivity index (χ0n) is 14.2. The topological polar surface area (TPSA) is 75.7 Å². The van der Waals surface area contributed by atoms with Gasteiger partial charge in [0.2, 0.25) is 17.7 Å². The third kappa shape index (κ3) is 4.27. The van der Waals surface area contributed by atoms with Gasteiger partial charge in [-0.3, -0.25) is 19.3 Å². The normalized spacial score (nSPS) is 21.6. The quantitative estimate of drug-likeness (QED) is 0.589. The van der Waals surface area contributed by atoms with Crippen molar-refractivity contribution in [3.05, 3.63) is 35.4 Å². The minimum absolute atomic E-state index is 0.00317. The summed E-state index contributed by atoms with van der Waals surface area (Å²) in [5.41, 5.74) is 0.295. The van der Waals surface area contributed by atoms with Crippen LogP contribution in [0.4, 0.5) is 14.5 Å². The van der Waals surface area contributed by atoms with Gasteiger partial charge < -0.3 is 10.1 Å². The van der Waals surface area contributed by atoms with Gasteiger partial charge in [-0.15, -0.1) is 0 Å². The average molecular weight is 399 g/mol. The van der Waals surface area contributed by atoms with E-state index in [2.05, 4.69) is 10.1 Å². The molecule has 3 amide bonds. The molecule has 1 saturated heterocycles. The molecular weight excluding hydrogens is 382 g/mol. The number of nitrogens with zero attached hydrogens (tertiary/aromatic N) is 1. The van der Waals surface area contributed by atoms with Crippen LogP contribution in [0.15, 0.2) is 30.4 Å². The maximum atomic E-state index is 12.3. The van der Waals surface area contributed by atoms with Crippen LogP contribution in [-0.4, -0.2) is 35.8 Å². The molecule has 9 heteroatoms. The van der Waals surface area contributed by atoms with Crippen molar-refractivity contribution in [1.29, 1.82) is 0 Å². The highest BCUT2D eigenvalue weighted by Gasteiger charge is 2.46. The van der Waals surface area contributed by atoms with Crippen LogP contribution < -0.4 is 10.1 Å². The van der Waals surface area contributed by atoms with Crippen LogP contribution in [-0.2, 0) is 14.4 Å². The molecule has 1 fully saturated rings. The molecule has 1 N–H and O–H groups in total. The van der Waals surface area contributed by atoms with Crippen LogP contribution >= 0.6 is 11.6 Å². The third-order valence-electron chi connectivity index (χ3n) is 4.59. The summed E-state index contributed by atoms with van der Waals surface area (Å²) in [7, 11) is 0. The number of ether oxygens (including phenoxy) is 1. The summed E-state index contributed by atoms with van der Waals surface area (Å²) < 4.78 is 28.7. The van der Waals surface area contributed by atoms with Gasteiger partial charge in [-0.05, 0) is 31.0 Å². The number of carbonyl (C=O) groups is 3. The van der Waals surface area contributed by atoms with E-state index in [1.54, 1.807) is 0 Å². The first-order valence-corrected chi connectivity index (χ1v) is 8.79. The minimum Gasteiger partial charge on any atom is -0.433 e. The number of rotatable bonds is 6. The lowest BCUT2D eigenvalue weighted by Crippen LogP contribution is -2.34. The highest BCUT2D eigenvalue weighted by atomic mass is 35.5. The first kappa shape index (κ1) is 19.3. The average Bonchev–Trinajstić information content (AvgIpc) is 2.86. The van der Waals surface area contributed by atoms with Crippen LogP contribution in [0.25, 0.3) is 0 Å². The van der Waals surface area contributed by atoms with E-state index in [0.29, 0.717) is 18.5 Å². The molecule has 1 aliphatic carbocycles. The number of imide groups is 1. The number of hydrogen-bond acceptors (Lipinski definition) is 4. The van der Waals surface area contributed by atoms with E-state index in [-0.39, 0.29) is 47.4 Å². The lowest BCUT2D eigenvalue weighted by atomic mass is 9.85. The number of amides is 3. The fourth-order valence-electron chi connectivity index (χ4n) is 3.30. The van der Waals surface area contributed by atoms with Crippen molar-refractivity contribution in [2.75, 3.05) is 11.9 Å². The van der Waals surface area contributed by atoms with Crippen molar-refractivity contribution in [2.24, 2.45) is 11.8 Å². The number of halogens is 3. The largest absolute Gasteiger partial charge is 0.433 e. The standard InChI is InChI=1S/C18H17ClF2N2O4/c19-13-9-10(5-6-14(13)27-18(20)21)22-15(24)7-8-23-16(25)11-3-1-2-4-12(11)17(23)26/h1-2,5-6,9,11-12,18H,3-4,7-8H2,(H,22,24). The second-order valence-corrected chi connectivity index (χ2v) is 6.71. The smallest absolute Gasteiger partial charge is 0.387 e. The molecule has 27 heavy (non-hydrogen) atoms. The van der Waals surface area contributed by atoms with E-state index < -0.39 is 12.5 Å². The Labute approximate surface area is 159 Å². The van der Waals surface area contributed by atoms with Gasteiger partial charge in [0.05, 0.1) is 16.9 Å². The number of benzene rings is 1. The van der Waals surface area contributed by atoms with E-state index in [4.69, 9.17) is 11.6 Å². The Bertz CT molecular complexity index is 774. The van der Waals surface area contributed by atoms with Crippen LogP contribution in [0.2, 0.25) is 5.02 Å². The summed E-state index contributed by atoms with van der Waals surface area (Å²) in [5.74, 6) is -1.76. The number of likely N-dealkylation sites (tertiary alicyclic amines) is 1. The van der Waals surface area contributed by atoms with E-state index in [0.717, 1.165) is 4.90 Å². The lowest BCUT2D eigenvalue weighted by molar-refractivity contribution is -0.140. The van der Waals surface area contributed by atoms with Crippen molar-refractivity contribution >= 4 is 35.0 Å². The van der Waals surface area contributed by atoms with E-state index in [9.17, 15) is 23.2 Å². The Morgan fingerprint density at radius 3 is 2.41 bits per heavy atom. The van der Waals surface area contributed by atoms with Gasteiger partial charge in [-0.1, -0.05) is 23.8 Å². The predicted octanol–water partition coefficient (Wildman–Crippen LogP) is 3.22. The fourth-order valence-corrected chi connectivity index (χ4v) is 3.52. The summed E-state index contributed by atoms with van der Waals surface area (Å²) in [4.78, 5) is 37.9. The Balaban J connectivity index is 1.55. The molecule has 3 rings (SSSR count). The molecule has 0 radical (unpaired) electrons. The molecule has 2 aliphatic rings. The van der Waals surface area contributed by atoms with Crippen molar-refractivity contribution in [1.82, 2.24) is 4.90 Å². The van der Waals surface area contributed by atoms with Crippen molar-refractivity contribution < 1.29 is 27.9 Å². The molecule has 1 heterocycles. The van der Waals surface area contributed by atoms with Gasteiger partial charge in [-0.2, -0.15) is 8.78 Å². The highest BCUT2D eigenvalue weighted by Crippen LogP contribution is 2.35. The number of fused-ring (bicyclic) bond motifs is 1. The predicted molar refractivity (Wildman–Crippen MR) is 93.4 cm³/mol. The van der Waals surface area contributed by atoms with Gasteiger partial charge in [0.1, 0.15) is 5.75 Å². The summed E-state index contributed by atoms with van der Waals surface area (Å²) >= 11 is 5.83. The van der Waals surface area contributed by atoms with Gasteiger partial charge in [0.25, 0.3) is 0 Å². The van der Waals surface area contributed by atoms with Gasteiger partial charge in [-0.25, -0.2) is 0 Å². The zero-order valence-corrected chi connectivity index (χ0v) is 14.9. The Hall–Kier alpha value is -2.48. The minimum atomic E-state index is -3.00. The van der Waals surface area contributed by atoms with Crippen molar-refractivity contribution in [3.8, 4) is 5.75 Å². The van der Waals surface area contributed by atoms with Crippen LogP contribution in [0, 0.1) is 11.8 Å². The van der Waals surface area contributed by atoms with Crippen molar-refractivity contribution in [2.45, 2.75) is 25.9 Å². The van der Waals surface area contributed by atoms with Crippen LogP contribution in [0.1, 0.15) is 19.3 Å². The van der Waals surface area contributed by atoms with E-state index in [1.807, 2.05) is 12.2 Å². The Kier molecular flexibility index (Phi) is 5.74. The Morgan fingerprint density at radius 1 is 1.22 bits per heavy atom. The molecule has 1 aromatic rings. The highest BCUT2D eigenvalue weighted by molar-refractivity contribution is 6.32. The number of hydrogen-bond donors (Lipinski definition) is 1. The second-order valence-electron chi connectivity index (χ2n) is 6.31. The van der Waals surface area contributed by atoms with Gasteiger partial charge >= 0.3 is 6.61 Å². The SMILES string of the molecule is O=C(CCN1C(=O)C2CC=CCC2C1=O)Nc1ccc(OC(F)F)c(Cl)c1. The van der Waals surface area contributed by atoms with Gasteiger partial charge in [0, 0.05) is 18.7 Å². The van der Waals surface area contributed by atoms with Gasteiger partial charge in [0.15, 0.2) is 0 Å². The molecule has 6 nitrogen and oxygen atoms in total. The molecule has 144 valence electrons. The maximum Gasteiger partial charge on any atom is 0.387 e. The van der Waals surface area contributed by atoms with E-state index in [1.165, 1.54) is 18.2 Å².